The number of carbonyl (C=O) groups excluding carboxylic acids is 1. The highest BCUT2D eigenvalue weighted by molar-refractivity contribution is 6.03. The van der Waals surface area contributed by atoms with Crippen molar-refractivity contribution in [3.8, 4) is 0 Å². The summed E-state index contributed by atoms with van der Waals surface area (Å²) < 4.78 is 9.97. The maximum absolute atomic E-state index is 12.0. The minimum absolute atomic E-state index is 0.136. The predicted molar refractivity (Wildman–Crippen MR) is 76.6 cm³/mol. The molecule has 106 valence electrons. The van der Waals surface area contributed by atoms with Crippen molar-refractivity contribution in [2.45, 2.75) is 6.92 Å². The summed E-state index contributed by atoms with van der Waals surface area (Å²) in [6.45, 7) is 1.78. The fraction of sp³-hybridized carbons (Fsp3) is 0.133. The molecule has 0 aliphatic heterocycles. The number of hydrogen-bond donors (Lipinski definition) is 1. The standard InChI is InChI=1S/C15H11NO5/c1-2-20-14(18)10-7-9-12(16-13(10)17)8-5-3-4-6-11(8)21-15(9)19/h3-7H,2H2,1H3,(H,16,17). The third-order valence-corrected chi connectivity index (χ3v) is 3.12. The molecular formula is C15H11NO5. The van der Waals surface area contributed by atoms with E-state index in [2.05, 4.69) is 4.98 Å². The Hall–Kier alpha value is -2.89. The Balaban J connectivity index is 2.40. The molecule has 0 unspecified atom stereocenters. The van der Waals surface area contributed by atoms with E-state index in [1.807, 2.05) is 0 Å². The highest BCUT2D eigenvalue weighted by atomic mass is 16.5. The highest BCUT2D eigenvalue weighted by Crippen LogP contribution is 2.20. The Bertz CT molecular complexity index is 967. The topological polar surface area (TPSA) is 89.4 Å². The van der Waals surface area contributed by atoms with Crippen molar-refractivity contribution in [1.29, 1.82) is 0 Å². The first-order chi connectivity index (χ1) is 10.1. The molecule has 0 fully saturated rings. The van der Waals surface area contributed by atoms with E-state index >= 15 is 0 Å². The number of aromatic nitrogens is 1. The van der Waals surface area contributed by atoms with Crippen LogP contribution in [-0.4, -0.2) is 17.6 Å². The van der Waals surface area contributed by atoms with Gasteiger partial charge in [0.05, 0.1) is 17.5 Å². The minimum Gasteiger partial charge on any atom is -0.462 e. The Morgan fingerprint density at radius 2 is 2.00 bits per heavy atom. The number of nitrogens with one attached hydrogen (secondary N) is 1. The Kier molecular flexibility index (Phi) is 3.06. The number of esters is 1. The number of pyridine rings is 1. The quantitative estimate of drug-likeness (QED) is 0.440. The monoisotopic (exact) mass is 285 g/mol. The molecule has 2 aromatic heterocycles. The number of fused-ring (bicyclic) bond motifs is 3. The van der Waals surface area contributed by atoms with Crippen LogP contribution in [0.4, 0.5) is 0 Å². The molecule has 0 aliphatic carbocycles. The first-order valence-electron chi connectivity index (χ1n) is 6.38. The van der Waals surface area contributed by atoms with Crippen LogP contribution < -0.4 is 11.2 Å². The van der Waals surface area contributed by atoms with Crippen molar-refractivity contribution in [2.75, 3.05) is 6.61 Å². The van der Waals surface area contributed by atoms with Gasteiger partial charge < -0.3 is 14.1 Å². The molecule has 0 amide bonds. The lowest BCUT2D eigenvalue weighted by Crippen LogP contribution is -2.21. The molecular weight excluding hydrogens is 274 g/mol. The molecule has 0 atom stereocenters. The summed E-state index contributed by atoms with van der Waals surface area (Å²) in [5.74, 6) is -0.770. The van der Waals surface area contributed by atoms with Gasteiger partial charge in [0.2, 0.25) is 0 Å². The molecule has 0 saturated carbocycles. The third kappa shape index (κ3) is 2.10. The summed E-state index contributed by atoms with van der Waals surface area (Å²) in [4.78, 5) is 38.3. The van der Waals surface area contributed by atoms with Crippen molar-refractivity contribution < 1.29 is 13.9 Å². The van der Waals surface area contributed by atoms with Gasteiger partial charge in [0.1, 0.15) is 11.1 Å². The molecule has 6 heteroatoms. The van der Waals surface area contributed by atoms with Gasteiger partial charge >= 0.3 is 11.6 Å². The Labute approximate surface area is 118 Å². The van der Waals surface area contributed by atoms with Gasteiger partial charge in [-0.1, -0.05) is 12.1 Å². The van der Waals surface area contributed by atoms with Crippen LogP contribution in [0.1, 0.15) is 17.3 Å². The lowest BCUT2D eigenvalue weighted by atomic mass is 10.1. The van der Waals surface area contributed by atoms with Crippen LogP contribution in [0.5, 0.6) is 0 Å². The van der Waals surface area contributed by atoms with Crippen molar-refractivity contribution in [3.63, 3.8) is 0 Å². The first-order valence-corrected chi connectivity index (χ1v) is 6.38. The molecule has 3 aromatic rings. The van der Waals surface area contributed by atoms with Crippen LogP contribution in [0.3, 0.4) is 0 Å². The van der Waals surface area contributed by atoms with Crippen LogP contribution in [0.15, 0.2) is 44.3 Å². The molecule has 1 N–H and O–H groups in total. The van der Waals surface area contributed by atoms with Crippen LogP contribution in [0.2, 0.25) is 0 Å². The maximum atomic E-state index is 12.0. The summed E-state index contributed by atoms with van der Waals surface area (Å²) in [7, 11) is 0. The number of H-pyrrole nitrogens is 1. The SMILES string of the molecule is CCOC(=O)c1cc2c(=O)oc3ccccc3c2[nH]c1=O. The van der Waals surface area contributed by atoms with Gasteiger partial charge in [-0.3, -0.25) is 4.79 Å². The largest absolute Gasteiger partial charge is 0.462 e. The van der Waals surface area contributed by atoms with Crippen molar-refractivity contribution in [1.82, 2.24) is 4.98 Å². The number of benzene rings is 1. The summed E-state index contributed by atoms with van der Waals surface area (Å²) in [6, 6.07) is 8.06. The molecule has 0 spiro atoms. The number of aromatic amines is 1. The van der Waals surface area contributed by atoms with E-state index in [4.69, 9.17) is 9.15 Å². The predicted octanol–water partition coefficient (Wildman–Crippen LogP) is 1.81. The van der Waals surface area contributed by atoms with Crippen molar-refractivity contribution >= 4 is 27.8 Å². The normalized spacial score (nSPS) is 10.9. The van der Waals surface area contributed by atoms with Crippen LogP contribution in [-0.2, 0) is 4.74 Å². The van der Waals surface area contributed by atoms with Gasteiger partial charge in [0, 0.05) is 5.39 Å². The van der Waals surface area contributed by atoms with E-state index in [0.717, 1.165) is 0 Å². The molecule has 2 heterocycles. The second-order valence-electron chi connectivity index (χ2n) is 4.41. The van der Waals surface area contributed by atoms with Crippen LogP contribution in [0, 0.1) is 0 Å². The van der Waals surface area contributed by atoms with Gasteiger partial charge in [0.25, 0.3) is 5.56 Å². The number of rotatable bonds is 2. The maximum Gasteiger partial charge on any atom is 0.345 e. The van der Waals surface area contributed by atoms with Gasteiger partial charge in [-0.25, -0.2) is 9.59 Å². The Morgan fingerprint density at radius 1 is 1.24 bits per heavy atom. The van der Waals surface area contributed by atoms with Crippen molar-refractivity contribution in [2.24, 2.45) is 0 Å². The highest BCUT2D eigenvalue weighted by Gasteiger charge is 2.16. The number of carbonyl (C=O) groups is 1. The molecule has 1 aromatic carbocycles. The molecule has 21 heavy (non-hydrogen) atoms. The molecule has 0 aliphatic rings. The molecule has 0 radical (unpaired) electrons. The van der Waals surface area contributed by atoms with Gasteiger partial charge in [-0.05, 0) is 25.1 Å². The average molecular weight is 285 g/mol. The van der Waals surface area contributed by atoms with Gasteiger partial charge in [0.15, 0.2) is 0 Å². The number of para-hydroxylation sites is 1. The zero-order valence-corrected chi connectivity index (χ0v) is 11.1. The van der Waals surface area contributed by atoms with Gasteiger partial charge in [-0.2, -0.15) is 0 Å². The summed E-state index contributed by atoms with van der Waals surface area (Å²) >= 11 is 0. The fourth-order valence-corrected chi connectivity index (χ4v) is 2.18. The molecule has 3 rings (SSSR count). The zero-order valence-electron chi connectivity index (χ0n) is 11.1. The van der Waals surface area contributed by atoms with Crippen LogP contribution >= 0.6 is 0 Å². The number of hydrogen-bond acceptors (Lipinski definition) is 5. The smallest absolute Gasteiger partial charge is 0.345 e. The fourth-order valence-electron chi connectivity index (χ4n) is 2.18. The molecule has 6 nitrogen and oxygen atoms in total. The Morgan fingerprint density at radius 3 is 2.76 bits per heavy atom. The van der Waals surface area contributed by atoms with E-state index in [-0.39, 0.29) is 17.6 Å². The average Bonchev–Trinajstić information content (AvgIpc) is 2.47. The summed E-state index contributed by atoms with van der Waals surface area (Å²) in [5, 5.41) is 0.732. The van der Waals surface area contributed by atoms with E-state index in [1.165, 1.54) is 6.07 Å². The second-order valence-corrected chi connectivity index (χ2v) is 4.41. The van der Waals surface area contributed by atoms with E-state index in [0.29, 0.717) is 16.5 Å². The number of ether oxygens (including phenoxy) is 1. The van der Waals surface area contributed by atoms with Crippen LogP contribution in [0.25, 0.3) is 21.9 Å². The van der Waals surface area contributed by atoms with Crippen molar-refractivity contribution in [3.05, 3.63) is 56.7 Å². The summed E-state index contributed by atoms with van der Waals surface area (Å²) in [5.41, 5.74) is -0.719. The third-order valence-electron chi connectivity index (χ3n) is 3.12. The molecule has 0 bridgehead atoms. The lowest BCUT2D eigenvalue weighted by molar-refractivity contribution is 0.0524. The first kappa shape index (κ1) is 13.1. The van der Waals surface area contributed by atoms with E-state index < -0.39 is 17.2 Å². The van der Waals surface area contributed by atoms with Gasteiger partial charge in [-0.15, -0.1) is 0 Å². The van der Waals surface area contributed by atoms with E-state index in [9.17, 15) is 14.4 Å². The summed E-state index contributed by atoms with van der Waals surface area (Å²) in [6.07, 6.45) is 0. The lowest BCUT2D eigenvalue weighted by Gasteiger charge is -2.04. The second kappa shape index (κ2) is 4.90. The molecule has 0 saturated heterocycles. The minimum atomic E-state index is -0.770. The zero-order chi connectivity index (χ0) is 15.0. The van der Waals surface area contributed by atoms with E-state index in [1.54, 1.807) is 31.2 Å².